The van der Waals surface area contributed by atoms with Gasteiger partial charge in [0.05, 0.1) is 24.5 Å². The average molecular weight is 847 g/mol. The normalized spacial score (nSPS) is 30.4. The molecular formula is C42H51FN8O10. The Morgan fingerprint density at radius 3 is 2.39 bits per heavy atom. The molecular weight excluding hydrogens is 796 g/mol. The van der Waals surface area contributed by atoms with Gasteiger partial charge < -0.3 is 47.2 Å². The van der Waals surface area contributed by atoms with Gasteiger partial charge in [0.1, 0.15) is 18.2 Å². The van der Waals surface area contributed by atoms with Crippen LogP contribution >= 0.6 is 0 Å². The van der Waals surface area contributed by atoms with E-state index in [0.717, 1.165) is 5.69 Å². The summed E-state index contributed by atoms with van der Waals surface area (Å²) in [7, 11) is 1.82. The number of aromatic nitrogens is 4. The smallest absolute Gasteiger partial charge is 0.326 e. The molecule has 61 heavy (non-hydrogen) atoms. The molecule has 18 nitrogen and oxygen atoms in total. The molecule has 0 saturated heterocycles. The van der Waals surface area contributed by atoms with Crippen molar-refractivity contribution in [3.8, 4) is 0 Å². The Bertz CT molecular complexity index is 2330. The van der Waals surface area contributed by atoms with E-state index < -0.39 is 76.3 Å². The number of hydrogen-bond donors (Lipinski definition) is 8. The van der Waals surface area contributed by atoms with Crippen molar-refractivity contribution in [2.24, 2.45) is 28.6 Å². The molecule has 10 N–H and O–H groups in total. The predicted octanol–water partition coefficient (Wildman–Crippen LogP) is 2.16. The number of nitrogens with one attached hydrogen (secondary N) is 1. The third kappa shape index (κ3) is 7.69. The maximum atomic E-state index is 16.9. The first-order valence-electron chi connectivity index (χ1n) is 19.9. The number of ketones is 2. The van der Waals surface area contributed by atoms with Crippen LogP contribution in [-0.4, -0.2) is 112 Å². The van der Waals surface area contributed by atoms with Gasteiger partial charge in [0.25, 0.3) is 5.91 Å². The van der Waals surface area contributed by atoms with Crippen molar-refractivity contribution in [3.05, 3.63) is 65.5 Å². The number of Topliss-reactive ketones (excluding diaryl/α,β-unsaturated/α-hetero) is 1. The van der Waals surface area contributed by atoms with Crippen LogP contribution in [0.3, 0.4) is 0 Å². The number of rotatable bonds is 11. The molecule has 0 spiro atoms. The standard InChI is InChI=1S/C22H29FO5.C20H22N8O5/c1-12-8-16-15-5-4-13-9-14(25)6-7-19(13,2)21(15,23)17(26)10-20(16,3)22(12,28)18(27)11-24;1-28(9-11-8-23-17-15(24-11)16(21)26-20(22)27-17)12-4-2-10(3-5-12)18(31)25-13(19(32)33)6-7-14(29)30/h6-7,9,12,15-17,24,26,28H,4-5,8,10-11H2,1-3H3;2-5,8,13H,6-7,9H2,1H3,(H,25,31)(H,29,30)(H,32,33)(H4,21,22,23,26,27)/t12-,15+,16+,17+,19+,20+,21+,22+;/m1./s1. The van der Waals surface area contributed by atoms with Crippen LogP contribution in [0.4, 0.5) is 21.8 Å². The summed E-state index contributed by atoms with van der Waals surface area (Å²) in [5.41, 5.74) is 8.49. The van der Waals surface area contributed by atoms with Gasteiger partial charge in [-0.1, -0.05) is 25.5 Å². The van der Waals surface area contributed by atoms with Crippen LogP contribution in [0.25, 0.3) is 11.2 Å². The van der Waals surface area contributed by atoms with Gasteiger partial charge in [-0.05, 0) is 87.3 Å². The Morgan fingerprint density at radius 1 is 1.07 bits per heavy atom. The molecule has 326 valence electrons. The number of carboxylic acids is 2. The number of carbonyl (C=O) groups excluding carboxylic acids is 3. The Labute approximate surface area is 350 Å². The monoisotopic (exact) mass is 846 g/mol. The van der Waals surface area contributed by atoms with Gasteiger partial charge in [0.2, 0.25) is 5.95 Å². The third-order valence-electron chi connectivity index (χ3n) is 13.5. The lowest BCUT2D eigenvalue weighted by Gasteiger charge is -2.62. The molecule has 1 amide bonds. The molecule has 19 heteroatoms. The summed E-state index contributed by atoms with van der Waals surface area (Å²) >= 11 is 0. The van der Waals surface area contributed by atoms with Crippen molar-refractivity contribution in [2.45, 2.75) is 89.3 Å². The number of halogens is 1. The lowest BCUT2D eigenvalue weighted by atomic mass is 9.44. The number of fused-ring (bicyclic) bond motifs is 6. The van der Waals surface area contributed by atoms with Crippen LogP contribution in [0.1, 0.15) is 75.3 Å². The highest BCUT2D eigenvalue weighted by atomic mass is 19.1. The number of alkyl halides is 1. The molecule has 9 atom stereocenters. The number of nitrogens with two attached hydrogens (primary N) is 2. The summed E-state index contributed by atoms with van der Waals surface area (Å²) in [4.78, 5) is 77.1. The molecule has 1 unspecified atom stereocenters. The third-order valence-corrected chi connectivity index (χ3v) is 13.5. The number of allylic oxidation sites excluding steroid dienone is 4. The highest BCUT2D eigenvalue weighted by Crippen LogP contribution is 2.70. The van der Waals surface area contributed by atoms with Crippen molar-refractivity contribution in [1.29, 1.82) is 0 Å². The molecule has 2 aromatic heterocycles. The summed E-state index contributed by atoms with van der Waals surface area (Å²) < 4.78 is 16.9. The zero-order chi connectivity index (χ0) is 44.8. The van der Waals surface area contributed by atoms with E-state index in [-0.39, 0.29) is 48.3 Å². The van der Waals surface area contributed by atoms with Gasteiger partial charge in [-0.3, -0.25) is 19.2 Å². The number of nitrogens with zero attached hydrogens (tertiary/aromatic N) is 5. The molecule has 0 aliphatic heterocycles. The summed E-state index contributed by atoms with van der Waals surface area (Å²) in [6.07, 6.45) is 5.40. The Kier molecular flexibility index (Phi) is 12.1. The van der Waals surface area contributed by atoms with Crippen LogP contribution < -0.4 is 21.7 Å². The summed E-state index contributed by atoms with van der Waals surface area (Å²) in [6.45, 7) is 4.85. The molecule has 3 saturated carbocycles. The van der Waals surface area contributed by atoms with E-state index in [0.29, 0.717) is 48.2 Å². The summed E-state index contributed by atoms with van der Waals surface area (Å²) in [5.74, 6) is -5.03. The van der Waals surface area contributed by atoms with E-state index in [9.17, 15) is 44.4 Å². The van der Waals surface area contributed by atoms with Crippen molar-refractivity contribution < 1.29 is 53.9 Å². The van der Waals surface area contributed by atoms with Gasteiger partial charge in [-0.2, -0.15) is 9.97 Å². The Morgan fingerprint density at radius 2 is 1.75 bits per heavy atom. The minimum atomic E-state index is -1.98. The number of anilines is 3. The van der Waals surface area contributed by atoms with Gasteiger partial charge in [0.15, 0.2) is 34.2 Å². The zero-order valence-electron chi connectivity index (χ0n) is 34.2. The van der Waals surface area contributed by atoms with Gasteiger partial charge in [-0.25, -0.2) is 19.2 Å². The van der Waals surface area contributed by atoms with Gasteiger partial charge in [-0.15, -0.1) is 0 Å². The highest BCUT2D eigenvalue weighted by Gasteiger charge is 2.75. The van der Waals surface area contributed by atoms with E-state index in [4.69, 9.17) is 16.6 Å². The molecule has 4 aliphatic rings. The largest absolute Gasteiger partial charge is 0.481 e. The number of hydrogen-bond acceptors (Lipinski definition) is 15. The molecule has 1 aromatic carbocycles. The zero-order valence-corrected chi connectivity index (χ0v) is 34.2. The van der Waals surface area contributed by atoms with Crippen LogP contribution in [0.5, 0.6) is 0 Å². The number of aliphatic carboxylic acids is 2. The van der Waals surface area contributed by atoms with E-state index in [1.807, 2.05) is 11.9 Å². The van der Waals surface area contributed by atoms with Crippen LogP contribution in [0.2, 0.25) is 0 Å². The first-order valence-corrected chi connectivity index (χ1v) is 19.9. The number of aliphatic hydroxyl groups excluding tert-OH is 2. The molecule has 3 fully saturated rings. The van der Waals surface area contributed by atoms with Gasteiger partial charge in [0, 0.05) is 41.5 Å². The summed E-state index contributed by atoms with van der Waals surface area (Å²) in [5, 5.41) is 52.2. The second kappa shape index (κ2) is 16.5. The fraction of sp³-hybridized carbons (Fsp3) is 0.500. The molecule has 3 aromatic rings. The Hall–Kier alpha value is -5.92. The average Bonchev–Trinajstić information content (AvgIpc) is 3.41. The minimum absolute atomic E-state index is 0.0138. The van der Waals surface area contributed by atoms with E-state index in [1.54, 1.807) is 45.2 Å². The number of carbonyl (C=O) groups is 5. The maximum Gasteiger partial charge on any atom is 0.326 e. The minimum Gasteiger partial charge on any atom is -0.481 e. The fourth-order valence-corrected chi connectivity index (χ4v) is 10.3. The number of nitrogen functional groups attached to an aromatic ring is 2. The molecule has 7 rings (SSSR count). The van der Waals surface area contributed by atoms with E-state index >= 15 is 4.39 Å². The van der Waals surface area contributed by atoms with Crippen molar-refractivity contribution in [3.63, 3.8) is 0 Å². The fourth-order valence-electron chi connectivity index (χ4n) is 10.3. The highest BCUT2D eigenvalue weighted by molar-refractivity contribution is 6.01. The number of aliphatic hydroxyl groups is 3. The van der Waals surface area contributed by atoms with Crippen LogP contribution in [0.15, 0.2) is 54.3 Å². The molecule has 4 aliphatic carbocycles. The molecule has 0 bridgehead atoms. The molecule has 0 radical (unpaired) electrons. The topological polar surface area (TPSA) is 305 Å². The number of benzene rings is 1. The maximum absolute atomic E-state index is 16.9. The first kappa shape index (κ1) is 44.6. The second-order valence-corrected chi connectivity index (χ2v) is 16.9. The first-order chi connectivity index (χ1) is 28.6. The van der Waals surface area contributed by atoms with Crippen LogP contribution in [0, 0.1) is 28.6 Å². The van der Waals surface area contributed by atoms with E-state index in [2.05, 4.69) is 25.3 Å². The number of carboxylic acid groups (broad SMARTS) is 2. The van der Waals surface area contributed by atoms with Crippen LogP contribution in [-0.2, 0) is 25.7 Å². The number of amides is 1. The quantitative estimate of drug-likeness (QED) is 0.137. The Balaban J connectivity index is 0.000000206. The van der Waals surface area contributed by atoms with E-state index in [1.165, 1.54) is 24.3 Å². The SMILES string of the molecule is CN(Cc1cnc2nc(N)nc(N)c2n1)c1ccc(C(=O)NC(CCC(=O)O)C(=O)O)cc1.C[C@@H]1C[C@H]2[C@@H]3CCC4=CC(=O)C=C[C@]4(C)[C@@]3(F)[C@@H](O)C[C@]2(C)[C@@]1(O)C(=O)CO. The lowest BCUT2D eigenvalue weighted by molar-refractivity contribution is -0.219. The molecule has 2 heterocycles. The van der Waals surface area contributed by atoms with Crippen molar-refractivity contribution in [2.75, 3.05) is 30.0 Å². The van der Waals surface area contributed by atoms with Gasteiger partial charge >= 0.3 is 11.9 Å². The van der Waals surface area contributed by atoms with Crippen molar-refractivity contribution >= 4 is 58.0 Å². The van der Waals surface area contributed by atoms with Crippen molar-refractivity contribution in [1.82, 2.24) is 25.3 Å². The second-order valence-electron chi connectivity index (χ2n) is 16.9. The predicted molar refractivity (Wildman–Crippen MR) is 218 cm³/mol. The summed E-state index contributed by atoms with van der Waals surface area (Å²) in [6, 6.07) is 5.16. The lowest BCUT2D eigenvalue weighted by Crippen LogP contribution is -2.69.